The third kappa shape index (κ3) is 22.8. The molecule has 5 nitrogen and oxygen atoms in total. The maximum absolute atomic E-state index is 9.19. The van der Waals surface area contributed by atoms with Crippen LogP contribution in [-0.2, 0) is 10.1 Å². The van der Waals surface area contributed by atoms with Gasteiger partial charge in [-0.3, -0.25) is 4.55 Å². The van der Waals surface area contributed by atoms with Gasteiger partial charge in [0.25, 0.3) is 10.1 Å². The van der Waals surface area contributed by atoms with Crippen molar-refractivity contribution in [2.24, 2.45) is 5.16 Å². The van der Waals surface area contributed by atoms with E-state index in [0.717, 1.165) is 18.6 Å². The summed E-state index contributed by atoms with van der Waals surface area (Å²) in [5, 5.41) is 11.2. The van der Waals surface area contributed by atoms with Gasteiger partial charge in [0.1, 0.15) is 0 Å². The lowest BCUT2D eigenvalue weighted by Gasteiger charge is -1.89. The van der Waals surface area contributed by atoms with E-state index in [-0.39, 0.29) is 0 Å². The molecular formula is C6H15NO4S. The molecular weight excluding hydrogens is 182 g/mol. The van der Waals surface area contributed by atoms with Crippen LogP contribution in [0.3, 0.4) is 0 Å². The second kappa shape index (κ2) is 7.05. The molecule has 0 atom stereocenters. The second-order valence-corrected chi connectivity index (χ2v) is 3.57. The standard InChI is InChI=1S/C5H11NO.CH4O3S/c1-3-5(4-2)6-7;1-5(2,3)4/h7H,3-4H2,1-2H3;1H3,(H,2,3,4). The number of oxime groups is 1. The van der Waals surface area contributed by atoms with Gasteiger partial charge in [0, 0.05) is 0 Å². The van der Waals surface area contributed by atoms with Crippen LogP contribution in [0.4, 0.5) is 0 Å². The Morgan fingerprint density at radius 3 is 1.58 bits per heavy atom. The van der Waals surface area contributed by atoms with Gasteiger partial charge in [-0.2, -0.15) is 8.42 Å². The Hall–Kier alpha value is -0.620. The van der Waals surface area contributed by atoms with Crippen molar-refractivity contribution in [2.45, 2.75) is 26.7 Å². The molecule has 0 aromatic heterocycles. The van der Waals surface area contributed by atoms with Gasteiger partial charge in [-0.15, -0.1) is 0 Å². The van der Waals surface area contributed by atoms with Crippen LogP contribution >= 0.6 is 0 Å². The molecule has 0 aromatic carbocycles. The first-order valence-electron chi connectivity index (χ1n) is 3.47. The average molecular weight is 197 g/mol. The van der Waals surface area contributed by atoms with Crippen molar-refractivity contribution in [3.05, 3.63) is 0 Å². The molecule has 0 saturated heterocycles. The molecule has 0 unspecified atom stereocenters. The van der Waals surface area contributed by atoms with Gasteiger partial charge in [0.15, 0.2) is 0 Å². The van der Waals surface area contributed by atoms with Crippen LogP contribution in [0.15, 0.2) is 5.16 Å². The zero-order valence-electron chi connectivity index (χ0n) is 7.48. The fraction of sp³-hybridized carbons (Fsp3) is 0.833. The molecule has 0 heterocycles. The quantitative estimate of drug-likeness (QED) is 0.301. The summed E-state index contributed by atoms with van der Waals surface area (Å²) in [5.41, 5.74) is 0.861. The minimum atomic E-state index is -3.67. The molecule has 0 saturated carbocycles. The highest BCUT2D eigenvalue weighted by atomic mass is 32.2. The van der Waals surface area contributed by atoms with Crippen LogP contribution in [0.1, 0.15) is 26.7 Å². The summed E-state index contributed by atoms with van der Waals surface area (Å²) >= 11 is 0. The number of hydrogen-bond acceptors (Lipinski definition) is 4. The summed E-state index contributed by atoms with van der Waals surface area (Å²) in [6.45, 7) is 3.94. The van der Waals surface area contributed by atoms with Crippen LogP contribution in [-0.4, -0.2) is 30.1 Å². The van der Waals surface area contributed by atoms with Crippen molar-refractivity contribution < 1.29 is 18.2 Å². The Labute approximate surface area is 72.8 Å². The minimum Gasteiger partial charge on any atom is -0.411 e. The molecule has 74 valence electrons. The van der Waals surface area contributed by atoms with E-state index in [1.807, 2.05) is 13.8 Å². The maximum atomic E-state index is 9.19. The molecule has 0 rings (SSSR count). The van der Waals surface area contributed by atoms with Crippen molar-refractivity contribution in [3.8, 4) is 0 Å². The Balaban J connectivity index is 0. The second-order valence-electron chi connectivity index (χ2n) is 2.11. The predicted octanol–water partition coefficient (Wildman–Crippen LogP) is 1.14. The fourth-order valence-electron chi connectivity index (χ4n) is 0.391. The SMILES string of the molecule is CCC(CC)=NO.CS(=O)(=O)O. The van der Waals surface area contributed by atoms with Crippen LogP contribution in [0, 0.1) is 0 Å². The lowest BCUT2D eigenvalue weighted by atomic mass is 10.2. The molecule has 0 aromatic rings. The summed E-state index contributed by atoms with van der Waals surface area (Å²) in [7, 11) is -3.67. The van der Waals surface area contributed by atoms with E-state index in [0.29, 0.717) is 6.26 Å². The fourth-order valence-corrected chi connectivity index (χ4v) is 0.391. The Bertz CT molecular complexity index is 206. The van der Waals surface area contributed by atoms with E-state index >= 15 is 0 Å². The summed E-state index contributed by atoms with van der Waals surface area (Å²) in [5.74, 6) is 0. The van der Waals surface area contributed by atoms with Gasteiger partial charge in [0.05, 0.1) is 12.0 Å². The molecule has 0 fully saturated rings. The molecule has 0 aliphatic rings. The van der Waals surface area contributed by atoms with Crippen LogP contribution in [0.2, 0.25) is 0 Å². The van der Waals surface area contributed by atoms with Gasteiger partial charge >= 0.3 is 0 Å². The number of hydrogen-bond donors (Lipinski definition) is 2. The van der Waals surface area contributed by atoms with Gasteiger partial charge in [0.2, 0.25) is 0 Å². The van der Waals surface area contributed by atoms with E-state index in [1.165, 1.54) is 0 Å². The monoisotopic (exact) mass is 197 g/mol. The van der Waals surface area contributed by atoms with Crippen LogP contribution in [0.25, 0.3) is 0 Å². The average Bonchev–Trinajstić information content (AvgIpc) is 1.88. The summed E-state index contributed by atoms with van der Waals surface area (Å²) in [6, 6.07) is 0. The molecule has 0 bridgehead atoms. The molecule has 12 heavy (non-hydrogen) atoms. The first kappa shape index (κ1) is 13.9. The third-order valence-electron chi connectivity index (χ3n) is 0.958. The maximum Gasteiger partial charge on any atom is 0.261 e. The molecule has 2 N–H and O–H groups in total. The van der Waals surface area contributed by atoms with Crippen molar-refractivity contribution >= 4 is 15.8 Å². The molecule has 0 aliphatic heterocycles. The van der Waals surface area contributed by atoms with Crippen molar-refractivity contribution in [3.63, 3.8) is 0 Å². The van der Waals surface area contributed by atoms with Gasteiger partial charge in [-0.25, -0.2) is 0 Å². The first-order chi connectivity index (χ1) is 5.35. The molecule has 6 heteroatoms. The zero-order chi connectivity index (χ0) is 10.2. The smallest absolute Gasteiger partial charge is 0.261 e. The Morgan fingerprint density at radius 2 is 1.58 bits per heavy atom. The van der Waals surface area contributed by atoms with E-state index < -0.39 is 10.1 Å². The molecule has 0 amide bonds. The zero-order valence-corrected chi connectivity index (χ0v) is 8.30. The van der Waals surface area contributed by atoms with Crippen LogP contribution < -0.4 is 0 Å². The Kier molecular flexibility index (Phi) is 8.19. The van der Waals surface area contributed by atoms with Gasteiger partial charge < -0.3 is 5.21 Å². The third-order valence-corrected chi connectivity index (χ3v) is 0.958. The van der Waals surface area contributed by atoms with Crippen molar-refractivity contribution in [1.29, 1.82) is 0 Å². The summed E-state index contributed by atoms with van der Waals surface area (Å²) in [6.07, 6.45) is 2.42. The highest BCUT2D eigenvalue weighted by molar-refractivity contribution is 7.85. The van der Waals surface area contributed by atoms with E-state index in [4.69, 9.17) is 9.76 Å². The number of rotatable bonds is 2. The van der Waals surface area contributed by atoms with Crippen molar-refractivity contribution in [1.82, 2.24) is 0 Å². The largest absolute Gasteiger partial charge is 0.411 e. The molecule has 0 aliphatic carbocycles. The topological polar surface area (TPSA) is 87.0 Å². The molecule has 0 spiro atoms. The normalized spacial score (nSPS) is 9.67. The summed E-state index contributed by atoms with van der Waals surface area (Å²) < 4.78 is 25.9. The van der Waals surface area contributed by atoms with Crippen molar-refractivity contribution in [2.75, 3.05) is 6.26 Å². The first-order valence-corrected chi connectivity index (χ1v) is 5.32. The highest BCUT2D eigenvalue weighted by Crippen LogP contribution is 1.87. The van der Waals surface area contributed by atoms with E-state index in [2.05, 4.69) is 5.16 Å². The van der Waals surface area contributed by atoms with Gasteiger partial charge in [-0.1, -0.05) is 19.0 Å². The van der Waals surface area contributed by atoms with Crippen LogP contribution in [0.5, 0.6) is 0 Å². The molecule has 0 radical (unpaired) electrons. The highest BCUT2D eigenvalue weighted by Gasteiger charge is 1.86. The van der Waals surface area contributed by atoms with Gasteiger partial charge in [-0.05, 0) is 12.8 Å². The number of nitrogens with zero attached hydrogens (tertiary/aromatic N) is 1. The lowest BCUT2D eigenvalue weighted by Crippen LogP contribution is -1.90. The van der Waals surface area contributed by atoms with E-state index in [9.17, 15) is 8.42 Å². The predicted molar refractivity (Wildman–Crippen MR) is 47.3 cm³/mol. The Morgan fingerprint density at radius 1 is 1.33 bits per heavy atom. The minimum absolute atomic E-state index is 0.715. The summed E-state index contributed by atoms with van der Waals surface area (Å²) in [4.78, 5) is 0. The lowest BCUT2D eigenvalue weighted by molar-refractivity contribution is 0.316. The van der Waals surface area contributed by atoms with E-state index in [1.54, 1.807) is 0 Å².